The second kappa shape index (κ2) is 7.27. The number of nitrogens with zero attached hydrogens (tertiary/aromatic N) is 1. The molecule has 0 heterocycles. The zero-order valence-electron chi connectivity index (χ0n) is 10.5. The SMILES string of the molecule is O=C=NCCOC(c1ccccc1)c1ccccc1. The average molecular weight is 253 g/mol. The summed E-state index contributed by atoms with van der Waals surface area (Å²) in [4.78, 5) is 13.5. The van der Waals surface area contributed by atoms with E-state index in [9.17, 15) is 4.79 Å². The first-order valence-corrected chi connectivity index (χ1v) is 6.17. The summed E-state index contributed by atoms with van der Waals surface area (Å²) >= 11 is 0. The minimum absolute atomic E-state index is 0.135. The molecule has 0 amide bonds. The molecule has 0 N–H and O–H groups in total. The van der Waals surface area contributed by atoms with Gasteiger partial charge in [-0.25, -0.2) is 9.79 Å². The number of rotatable bonds is 6. The molecule has 96 valence electrons. The highest BCUT2D eigenvalue weighted by molar-refractivity contribution is 5.32. The Morgan fingerprint density at radius 2 is 1.47 bits per heavy atom. The van der Waals surface area contributed by atoms with E-state index in [1.54, 1.807) is 0 Å². The molecule has 0 saturated carbocycles. The summed E-state index contributed by atoms with van der Waals surface area (Å²) in [5, 5.41) is 0. The van der Waals surface area contributed by atoms with Crippen LogP contribution in [0.4, 0.5) is 0 Å². The van der Waals surface area contributed by atoms with Crippen molar-refractivity contribution in [2.75, 3.05) is 13.2 Å². The van der Waals surface area contributed by atoms with E-state index >= 15 is 0 Å². The van der Waals surface area contributed by atoms with E-state index in [-0.39, 0.29) is 6.10 Å². The third-order valence-corrected chi connectivity index (χ3v) is 2.76. The molecule has 0 aliphatic carbocycles. The maximum atomic E-state index is 10.0. The lowest BCUT2D eigenvalue weighted by Gasteiger charge is -2.18. The molecule has 0 spiro atoms. The van der Waals surface area contributed by atoms with Gasteiger partial charge in [-0.1, -0.05) is 60.7 Å². The maximum absolute atomic E-state index is 10.0. The largest absolute Gasteiger partial charge is 0.367 e. The van der Waals surface area contributed by atoms with Gasteiger partial charge in [0.15, 0.2) is 0 Å². The van der Waals surface area contributed by atoms with Crippen molar-refractivity contribution in [2.24, 2.45) is 4.99 Å². The van der Waals surface area contributed by atoms with Crippen LogP contribution in [0.2, 0.25) is 0 Å². The van der Waals surface area contributed by atoms with Crippen LogP contribution in [0.5, 0.6) is 0 Å². The number of hydrogen-bond acceptors (Lipinski definition) is 3. The minimum Gasteiger partial charge on any atom is -0.367 e. The number of benzene rings is 2. The van der Waals surface area contributed by atoms with Crippen molar-refractivity contribution < 1.29 is 9.53 Å². The number of isocyanates is 1. The topological polar surface area (TPSA) is 38.7 Å². The van der Waals surface area contributed by atoms with Crippen molar-refractivity contribution in [3.8, 4) is 0 Å². The average Bonchev–Trinajstić information content (AvgIpc) is 2.49. The summed E-state index contributed by atoms with van der Waals surface area (Å²) in [7, 11) is 0. The molecule has 0 saturated heterocycles. The van der Waals surface area contributed by atoms with Gasteiger partial charge < -0.3 is 4.74 Å². The Hall–Kier alpha value is -2.22. The molecule has 19 heavy (non-hydrogen) atoms. The van der Waals surface area contributed by atoms with E-state index < -0.39 is 0 Å². The zero-order valence-corrected chi connectivity index (χ0v) is 10.5. The van der Waals surface area contributed by atoms with Gasteiger partial charge >= 0.3 is 0 Å². The lowest BCUT2D eigenvalue weighted by molar-refractivity contribution is 0.0867. The van der Waals surface area contributed by atoms with Crippen LogP contribution in [0.3, 0.4) is 0 Å². The molecule has 0 bridgehead atoms. The maximum Gasteiger partial charge on any atom is 0.235 e. The van der Waals surface area contributed by atoms with E-state index in [4.69, 9.17) is 4.74 Å². The zero-order chi connectivity index (χ0) is 13.3. The number of carbonyl (C=O) groups excluding carboxylic acids is 1. The van der Waals surface area contributed by atoms with E-state index in [1.807, 2.05) is 60.7 Å². The molecule has 0 unspecified atom stereocenters. The van der Waals surface area contributed by atoms with Crippen LogP contribution in [-0.4, -0.2) is 19.2 Å². The Labute approximate surface area is 112 Å². The Morgan fingerprint density at radius 3 is 1.95 bits per heavy atom. The van der Waals surface area contributed by atoms with Crippen LogP contribution in [0.25, 0.3) is 0 Å². The van der Waals surface area contributed by atoms with E-state index in [1.165, 1.54) is 6.08 Å². The van der Waals surface area contributed by atoms with Gasteiger partial charge in [0.25, 0.3) is 0 Å². The van der Waals surface area contributed by atoms with Crippen molar-refractivity contribution in [2.45, 2.75) is 6.10 Å². The summed E-state index contributed by atoms with van der Waals surface area (Å²) in [6.45, 7) is 0.726. The van der Waals surface area contributed by atoms with Gasteiger partial charge in [-0.3, -0.25) is 0 Å². The van der Waals surface area contributed by atoms with Gasteiger partial charge in [-0.2, -0.15) is 0 Å². The Balaban J connectivity index is 2.16. The van der Waals surface area contributed by atoms with Crippen LogP contribution in [0, 0.1) is 0 Å². The Kier molecular flexibility index (Phi) is 5.06. The van der Waals surface area contributed by atoms with Crippen LogP contribution in [-0.2, 0) is 9.53 Å². The Bertz CT molecular complexity index is 494. The smallest absolute Gasteiger partial charge is 0.235 e. The minimum atomic E-state index is -0.135. The van der Waals surface area contributed by atoms with Crippen molar-refractivity contribution in [3.63, 3.8) is 0 Å². The standard InChI is InChI=1S/C16H15NO2/c18-13-17-11-12-19-16(14-7-3-1-4-8-14)15-9-5-2-6-10-15/h1-10,16H,11-12H2. The lowest BCUT2D eigenvalue weighted by Crippen LogP contribution is -2.08. The second-order valence-electron chi connectivity index (χ2n) is 4.05. The molecule has 0 aliphatic rings. The normalized spacial score (nSPS) is 10.2. The van der Waals surface area contributed by atoms with Crippen molar-refractivity contribution in [3.05, 3.63) is 71.8 Å². The van der Waals surface area contributed by atoms with Crippen LogP contribution >= 0.6 is 0 Å². The highest BCUT2D eigenvalue weighted by Crippen LogP contribution is 2.25. The summed E-state index contributed by atoms with van der Waals surface area (Å²) < 4.78 is 5.84. The quantitative estimate of drug-likeness (QED) is 0.450. The van der Waals surface area contributed by atoms with Gasteiger partial charge in [0.2, 0.25) is 6.08 Å². The second-order valence-corrected chi connectivity index (χ2v) is 4.05. The molecule has 2 aromatic carbocycles. The van der Waals surface area contributed by atoms with Crippen molar-refractivity contribution in [1.82, 2.24) is 0 Å². The summed E-state index contributed by atoms with van der Waals surface area (Å²) in [5.41, 5.74) is 2.17. The summed E-state index contributed by atoms with van der Waals surface area (Å²) in [6, 6.07) is 20.0. The fraction of sp³-hybridized carbons (Fsp3) is 0.188. The predicted octanol–water partition coefficient (Wildman–Crippen LogP) is 3.13. The first-order chi connectivity index (χ1) is 9.42. The molecule has 2 rings (SSSR count). The molecule has 3 heteroatoms. The highest BCUT2D eigenvalue weighted by atomic mass is 16.5. The highest BCUT2D eigenvalue weighted by Gasteiger charge is 2.13. The fourth-order valence-corrected chi connectivity index (χ4v) is 1.90. The first kappa shape index (κ1) is 13.2. The van der Waals surface area contributed by atoms with Gasteiger partial charge in [-0.05, 0) is 11.1 Å². The predicted molar refractivity (Wildman–Crippen MR) is 73.7 cm³/mol. The molecule has 0 atom stereocenters. The molecule has 0 aromatic heterocycles. The van der Waals surface area contributed by atoms with Gasteiger partial charge in [0.1, 0.15) is 6.10 Å². The van der Waals surface area contributed by atoms with Gasteiger partial charge in [-0.15, -0.1) is 0 Å². The van der Waals surface area contributed by atoms with Crippen LogP contribution < -0.4 is 0 Å². The van der Waals surface area contributed by atoms with Crippen LogP contribution in [0.1, 0.15) is 17.2 Å². The molecule has 3 nitrogen and oxygen atoms in total. The lowest BCUT2D eigenvalue weighted by atomic mass is 10.0. The summed E-state index contributed by atoms with van der Waals surface area (Å²) in [6.07, 6.45) is 1.38. The molecule has 0 radical (unpaired) electrons. The van der Waals surface area contributed by atoms with E-state index in [0.29, 0.717) is 13.2 Å². The van der Waals surface area contributed by atoms with Crippen molar-refractivity contribution in [1.29, 1.82) is 0 Å². The monoisotopic (exact) mass is 253 g/mol. The third-order valence-electron chi connectivity index (χ3n) is 2.76. The van der Waals surface area contributed by atoms with E-state index in [0.717, 1.165) is 11.1 Å². The van der Waals surface area contributed by atoms with Crippen LogP contribution in [0.15, 0.2) is 65.7 Å². The third kappa shape index (κ3) is 3.88. The molecule has 0 fully saturated rings. The number of aliphatic imine (C=N–C) groups is 1. The fourth-order valence-electron chi connectivity index (χ4n) is 1.90. The van der Waals surface area contributed by atoms with E-state index in [2.05, 4.69) is 4.99 Å². The number of ether oxygens (including phenoxy) is 1. The van der Waals surface area contributed by atoms with Crippen molar-refractivity contribution >= 4 is 6.08 Å². The first-order valence-electron chi connectivity index (χ1n) is 6.17. The molecular weight excluding hydrogens is 238 g/mol. The van der Waals surface area contributed by atoms with Gasteiger partial charge in [0, 0.05) is 0 Å². The van der Waals surface area contributed by atoms with Gasteiger partial charge in [0.05, 0.1) is 13.2 Å². The Morgan fingerprint density at radius 1 is 0.947 bits per heavy atom. The summed E-state index contributed by atoms with van der Waals surface area (Å²) in [5.74, 6) is 0. The number of hydrogen-bond donors (Lipinski definition) is 0. The molecule has 2 aromatic rings. The molecular formula is C16H15NO2. The molecule has 0 aliphatic heterocycles.